The van der Waals surface area contributed by atoms with Crippen molar-refractivity contribution < 1.29 is 4.74 Å². The Morgan fingerprint density at radius 2 is 2.06 bits per heavy atom. The maximum absolute atomic E-state index is 5.83. The van der Waals surface area contributed by atoms with E-state index in [2.05, 4.69) is 48.3 Å². The number of fused-ring (bicyclic) bond motifs is 2. The Kier molecular flexibility index (Phi) is 2.65. The van der Waals surface area contributed by atoms with Crippen molar-refractivity contribution in [3.8, 4) is 5.75 Å². The number of nitrogens with zero attached hydrogens (tertiary/aromatic N) is 1. The summed E-state index contributed by atoms with van der Waals surface area (Å²) >= 11 is 0. The third-order valence-electron chi connectivity index (χ3n) is 4.41. The normalized spacial score (nSPS) is 21.5. The van der Waals surface area contributed by atoms with Gasteiger partial charge in [-0.2, -0.15) is 0 Å². The minimum absolute atomic E-state index is 0.220. The predicted molar refractivity (Wildman–Crippen MR) is 73.2 cm³/mol. The molecule has 1 spiro atoms. The van der Waals surface area contributed by atoms with E-state index in [4.69, 9.17) is 4.74 Å². The van der Waals surface area contributed by atoms with Gasteiger partial charge in [0.25, 0.3) is 0 Å². The van der Waals surface area contributed by atoms with Gasteiger partial charge in [-0.05, 0) is 27.0 Å². The van der Waals surface area contributed by atoms with E-state index in [0.29, 0.717) is 0 Å². The summed E-state index contributed by atoms with van der Waals surface area (Å²) in [6.45, 7) is 8.69. The van der Waals surface area contributed by atoms with Crippen LogP contribution in [0.4, 0.5) is 0 Å². The Labute approximate surface area is 109 Å². The summed E-state index contributed by atoms with van der Waals surface area (Å²) < 4.78 is 5.83. The van der Waals surface area contributed by atoms with Gasteiger partial charge in [0.1, 0.15) is 12.4 Å². The van der Waals surface area contributed by atoms with Gasteiger partial charge in [-0.1, -0.05) is 18.2 Å². The molecule has 0 radical (unpaired) electrons. The molecule has 1 aromatic rings. The Bertz CT molecular complexity index is 450. The van der Waals surface area contributed by atoms with Crippen LogP contribution in [-0.2, 0) is 5.41 Å². The number of hydrogen-bond donors (Lipinski definition) is 1. The molecule has 0 aliphatic carbocycles. The Hall–Kier alpha value is -1.06. The van der Waals surface area contributed by atoms with E-state index in [0.717, 1.165) is 32.0 Å². The van der Waals surface area contributed by atoms with Gasteiger partial charge in [-0.25, -0.2) is 0 Å². The average Bonchev–Trinajstić information content (AvgIpc) is 2.66. The van der Waals surface area contributed by atoms with Crippen molar-refractivity contribution in [1.82, 2.24) is 10.2 Å². The number of benzene rings is 1. The second-order valence-electron chi connectivity index (χ2n) is 6.26. The lowest BCUT2D eigenvalue weighted by atomic mass is 9.73. The van der Waals surface area contributed by atoms with Gasteiger partial charge in [0.15, 0.2) is 0 Å². The Morgan fingerprint density at radius 1 is 1.33 bits per heavy atom. The van der Waals surface area contributed by atoms with Gasteiger partial charge in [0.2, 0.25) is 0 Å². The first-order chi connectivity index (χ1) is 8.57. The molecule has 98 valence electrons. The summed E-state index contributed by atoms with van der Waals surface area (Å²) in [4.78, 5) is 2.55. The fraction of sp³-hybridized carbons (Fsp3) is 0.600. The quantitative estimate of drug-likeness (QED) is 0.877. The summed E-state index contributed by atoms with van der Waals surface area (Å²) in [5, 5.41) is 3.28. The molecule has 0 bridgehead atoms. The number of ether oxygens (including phenoxy) is 1. The van der Waals surface area contributed by atoms with E-state index < -0.39 is 0 Å². The van der Waals surface area contributed by atoms with Crippen molar-refractivity contribution >= 4 is 0 Å². The van der Waals surface area contributed by atoms with Gasteiger partial charge in [0.05, 0.1) is 5.41 Å². The van der Waals surface area contributed by atoms with Crippen molar-refractivity contribution in [1.29, 1.82) is 0 Å². The van der Waals surface area contributed by atoms with Crippen LogP contribution in [-0.4, -0.2) is 43.7 Å². The molecule has 3 heteroatoms. The molecule has 1 fully saturated rings. The highest BCUT2D eigenvalue weighted by Gasteiger charge is 2.53. The summed E-state index contributed by atoms with van der Waals surface area (Å²) in [5.74, 6) is 1.09. The third kappa shape index (κ3) is 1.65. The van der Waals surface area contributed by atoms with Crippen LogP contribution in [0.25, 0.3) is 0 Å². The first kappa shape index (κ1) is 12.0. The number of nitrogens with one attached hydrogen (secondary N) is 1. The van der Waals surface area contributed by atoms with Crippen LogP contribution in [0.1, 0.15) is 19.4 Å². The highest BCUT2D eigenvalue weighted by Crippen LogP contribution is 2.46. The Morgan fingerprint density at radius 3 is 2.78 bits per heavy atom. The highest BCUT2D eigenvalue weighted by molar-refractivity contribution is 5.46. The molecule has 3 nitrogen and oxygen atoms in total. The average molecular weight is 246 g/mol. The van der Waals surface area contributed by atoms with E-state index >= 15 is 0 Å². The zero-order valence-electron chi connectivity index (χ0n) is 11.5. The van der Waals surface area contributed by atoms with Gasteiger partial charge < -0.3 is 10.1 Å². The maximum Gasteiger partial charge on any atom is 0.123 e. The molecule has 0 aromatic heterocycles. The molecule has 0 unspecified atom stereocenters. The number of likely N-dealkylation sites (N-methyl/N-ethyl adjacent to an activating group) is 1. The zero-order valence-corrected chi connectivity index (χ0v) is 11.5. The van der Waals surface area contributed by atoms with Crippen molar-refractivity contribution in [3.05, 3.63) is 29.8 Å². The van der Waals surface area contributed by atoms with Gasteiger partial charge >= 0.3 is 0 Å². The third-order valence-corrected chi connectivity index (χ3v) is 4.41. The van der Waals surface area contributed by atoms with Gasteiger partial charge in [-0.15, -0.1) is 0 Å². The van der Waals surface area contributed by atoms with Gasteiger partial charge in [0, 0.05) is 30.7 Å². The van der Waals surface area contributed by atoms with Crippen LogP contribution in [0.15, 0.2) is 24.3 Å². The second-order valence-corrected chi connectivity index (χ2v) is 6.26. The number of rotatable bonds is 3. The van der Waals surface area contributed by atoms with E-state index in [9.17, 15) is 0 Å². The van der Waals surface area contributed by atoms with Crippen LogP contribution >= 0.6 is 0 Å². The second kappa shape index (κ2) is 3.97. The molecule has 3 rings (SSSR count). The van der Waals surface area contributed by atoms with Crippen LogP contribution in [0.2, 0.25) is 0 Å². The first-order valence-corrected chi connectivity index (χ1v) is 6.69. The fourth-order valence-corrected chi connectivity index (χ4v) is 3.24. The number of hydrogen-bond acceptors (Lipinski definition) is 3. The van der Waals surface area contributed by atoms with Crippen LogP contribution in [0, 0.1) is 0 Å². The van der Waals surface area contributed by atoms with Gasteiger partial charge in [-0.3, -0.25) is 4.90 Å². The standard InChI is InChI=1S/C15H22N2O/c1-14(2,8-16-3)17-9-15(10-17)11-18-13-7-5-4-6-12(13)15/h4-7,16H,8-11H2,1-3H3. The topological polar surface area (TPSA) is 24.5 Å². The lowest BCUT2D eigenvalue weighted by Crippen LogP contribution is -2.68. The first-order valence-electron chi connectivity index (χ1n) is 6.69. The predicted octanol–water partition coefficient (Wildman–Crippen LogP) is 1.63. The smallest absolute Gasteiger partial charge is 0.123 e. The molecule has 2 aliphatic rings. The molecular formula is C15H22N2O. The van der Waals surface area contributed by atoms with E-state index in [1.165, 1.54) is 5.56 Å². The van der Waals surface area contributed by atoms with Crippen molar-refractivity contribution in [2.24, 2.45) is 0 Å². The largest absolute Gasteiger partial charge is 0.492 e. The lowest BCUT2D eigenvalue weighted by molar-refractivity contribution is -0.0258. The monoisotopic (exact) mass is 246 g/mol. The summed E-state index contributed by atoms with van der Waals surface area (Å²) in [5.41, 5.74) is 1.88. The van der Waals surface area contributed by atoms with Crippen LogP contribution < -0.4 is 10.1 Å². The molecule has 1 saturated heterocycles. The van der Waals surface area contributed by atoms with E-state index in [1.807, 2.05) is 7.05 Å². The minimum atomic E-state index is 0.220. The number of likely N-dealkylation sites (tertiary alicyclic amines) is 1. The van der Waals surface area contributed by atoms with Crippen molar-refractivity contribution in [3.63, 3.8) is 0 Å². The molecule has 2 heterocycles. The SMILES string of the molecule is CNCC(C)(C)N1CC2(COc3ccccc32)C1. The lowest BCUT2D eigenvalue weighted by Gasteiger charge is -2.54. The summed E-state index contributed by atoms with van der Waals surface area (Å²) in [6, 6.07) is 8.49. The van der Waals surface area contributed by atoms with Crippen molar-refractivity contribution in [2.75, 3.05) is 33.3 Å². The Balaban J connectivity index is 1.76. The van der Waals surface area contributed by atoms with Crippen LogP contribution in [0.5, 0.6) is 5.75 Å². The highest BCUT2D eigenvalue weighted by atomic mass is 16.5. The molecule has 2 aliphatic heterocycles. The molecular weight excluding hydrogens is 224 g/mol. The molecule has 0 atom stereocenters. The fourth-order valence-electron chi connectivity index (χ4n) is 3.24. The minimum Gasteiger partial charge on any atom is -0.492 e. The molecule has 0 saturated carbocycles. The van der Waals surface area contributed by atoms with E-state index in [-0.39, 0.29) is 11.0 Å². The molecule has 1 aromatic carbocycles. The molecule has 1 N–H and O–H groups in total. The molecule has 18 heavy (non-hydrogen) atoms. The molecule has 0 amide bonds. The zero-order chi connectivity index (χ0) is 12.8. The number of para-hydroxylation sites is 1. The van der Waals surface area contributed by atoms with Crippen molar-refractivity contribution in [2.45, 2.75) is 24.8 Å². The summed E-state index contributed by atoms with van der Waals surface area (Å²) in [6.07, 6.45) is 0. The van der Waals surface area contributed by atoms with Crippen LogP contribution in [0.3, 0.4) is 0 Å². The van der Waals surface area contributed by atoms with E-state index in [1.54, 1.807) is 0 Å². The maximum atomic E-state index is 5.83. The summed E-state index contributed by atoms with van der Waals surface area (Å²) in [7, 11) is 2.02.